The highest BCUT2D eigenvalue weighted by atomic mass is 16.5. The quantitative estimate of drug-likeness (QED) is 0.763. The molecule has 3 heterocycles. The molecular formula is C17H22N4O5. The molecule has 1 aliphatic heterocycles. The fraction of sp³-hybridized carbons (Fsp3) is 0.471. The van der Waals surface area contributed by atoms with Crippen LogP contribution in [0.5, 0.6) is 0 Å². The third-order valence-electron chi connectivity index (χ3n) is 4.16. The van der Waals surface area contributed by atoms with E-state index in [1.54, 1.807) is 25.1 Å². The fourth-order valence-corrected chi connectivity index (χ4v) is 2.81. The highest BCUT2D eigenvalue weighted by Crippen LogP contribution is 2.13. The van der Waals surface area contributed by atoms with Gasteiger partial charge in [0, 0.05) is 32.2 Å². The second-order valence-corrected chi connectivity index (χ2v) is 6.18. The van der Waals surface area contributed by atoms with Crippen LogP contribution in [0.1, 0.15) is 22.1 Å². The zero-order chi connectivity index (χ0) is 18.5. The van der Waals surface area contributed by atoms with Crippen LogP contribution in [-0.2, 0) is 16.1 Å². The van der Waals surface area contributed by atoms with Crippen molar-refractivity contribution in [3.05, 3.63) is 35.5 Å². The van der Waals surface area contributed by atoms with Crippen molar-refractivity contribution in [3.8, 4) is 0 Å². The SMILES string of the molecule is COC(=O)c1ccc(CN2CCN(CC(=O)Nc3cc(C)on3)CC2)o1. The Morgan fingerprint density at radius 1 is 1.23 bits per heavy atom. The number of aryl methyl sites for hydroxylation is 1. The summed E-state index contributed by atoms with van der Waals surface area (Å²) >= 11 is 0. The minimum Gasteiger partial charge on any atom is -0.463 e. The Morgan fingerprint density at radius 2 is 1.96 bits per heavy atom. The van der Waals surface area contributed by atoms with E-state index in [1.807, 2.05) is 0 Å². The van der Waals surface area contributed by atoms with Gasteiger partial charge in [0.25, 0.3) is 0 Å². The van der Waals surface area contributed by atoms with E-state index in [4.69, 9.17) is 8.94 Å². The lowest BCUT2D eigenvalue weighted by atomic mass is 10.3. The number of nitrogens with one attached hydrogen (secondary N) is 1. The lowest BCUT2D eigenvalue weighted by Gasteiger charge is -2.33. The number of ether oxygens (including phenoxy) is 1. The summed E-state index contributed by atoms with van der Waals surface area (Å²) < 4.78 is 15.0. The highest BCUT2D eigenvalue weighted by Gasteiger charge is 2.21. The molecule has 2 aromatic heterocycles. The number of carbonyl (C=O) groups is 2. The van der Waals surface area contributed by atoms with Gasteiger partial charge in [-0.2, -0.15) is 0 Å². The van der Waals surface area contributed by atoms with E-state index in [-0.39, 0.29) is 11.7 Å². The number of furan rings is 1. The highest BCUT2D eigenvalue weighted by molar-refractivity contribution is 5.91. The molecule has 0 unspecified atom stereocenters. The number of hydrogen-bond acceptors (Lipinski definition) is 8. The van der Waals surface area contributed by atoms with Crippen molar-refractivity contribution in [2.75, 3.05) is 45.2 Å². The maximum absolute atomic E-state index is 12.1. The van der Waals surface area contributed by atoms with Crippen molar-refractivity contribution < 1.29 is 23.3 Å². The minimum absolute atomic E-state index is 0.111. The first-order valence-electron chi connectivity index (χ1n) is 8.38. The number of methoxy groups -OCH3 is 1. The first-order chi connectivity index (χ1) is 12.5. The lowest BCUT2D eigenvalue weighted by Crippen LogP contribution is -2.48. The van der Waals surface area contributed by atoms with Gasteiger partial charge in [-0.1, -0.05) is 5.16 Å². The van der Waals surface area contributed by atoms with E-state index in [1.165, 1.54) is 7.11 Å². The summed E-state index contributed by atoms with van der Waals surface area (Å²) in [6, 6.07) is 5.08. The second kappa shape index (κ2) is 8.15. The Labute approximate surface area is 150 Å². The minimum atomic E-state index is -0.477. The Hall–Kier alpha value is -2.65. The van der Waals surface area contributed by atoms with E-state index in [0.717, 1.165) is 31.9 Å². The first kappa shape index (κ1) is 18.2. The normalized spacial score (nSPS) is 15.8. The molecule has 1 aliphatic rings. The monoisotopic (exact) mass is 362 g/mol. The Balaban J connectivity index is 1.41. The van der Waals surface area contributed by atoms with Crippen LogP contribution in [0.25, 0.3) is 0 Å². The number of piperazine rings is 1. The predicted octanol–water partition coefficient (Wildman–Crippen LogP) is 1.12. The standard InChI is InChI=1S/C17H22N4O5/c1-12-9-15(19-26-12)18-16(22)11-21-7-5-20(6-8-21)10-13-3-4-14(25-13)17(23)24-2/h3-4,9H,5-8,10-11H2,1-2H3,(H,18,19,22). The zero-order valence-corrected chi connectivity index (χ0v) is 14.9. The topological polar surface area (TPSA) is 101 Å². The van der Waals surface area contributed by atoms with Crippen LogP contribution in [0.15, 0.2) is 27.1 Å². The van der Waals surface area contributed by atoms with Gasteiger partial charge in [0.2, 0.25) is 11.7 Å². The van der Waals surface area contributed by atoms with Gasteiger partial charge < -0.3 is 19.0 Å². The molecule has 26 heavy (non-hydrogen) atoms. The largest absolute Gasteiger partial charge is 0.463 e. The summed E-state index contributed by atoms with van der Waals surface area (Å²) in [6.07, 6.45) is 0. The number of hydrogen-bond donors (Lipinski definition) is 1. The summed E-state index contributed by atoms with van der Waals surface area (Å²) in [5.41, 5.74) is 0. The van der Waals surface area contributed by atoms with Crippen LogP contribution in [0, 0.1) is 6.92 Å². The van der Waals surface area contributed by atoms with Crippen molar-refractivity contribution in [3.63, 3.8) is 0 Å². The van der Waals surface area contributed by atoms with E-state index in [0.29, 0.717) is 24.7 Å². The van der Waals surface area contributed by atoms with Gasteiger partial charge in [0.1, 0.15) is 11.5 Å². The molecule has 0 spiro atoms. The molecular weight excluding hydrogens is 340 g/mol. The Bertz CT molecular complexity index is 761. The van der Waals surface area contributed by atoms with Crippen molar-refractivity contribution in [2.45, 2.75) is 13.5 Å². The molecule has 1 fully saturated rings. The summed E-state index contributed by atoms with van der Waals surface area (Å²) in [5, 5.41) is 6.47. The lowest BCUT2D eigenvalue weighted by molar-refractivity contribution is -0.117. The van der Waals surface area contributed by atoms with Gasteiger partial charge in [-0.15, -0.1) is 0 Å². The predicted molar refractivity (Wildman–Crippen MR) is 91.6 cm³/mol. The molecule has 3 rings (SSSR count). The molecule has 9 nitrogen and oxygen atoms in total. The van der Waals surface area contributed by atoms with Crippen LogP contribution >= 0.6 is 0 Å². The van der Waals surface area contributed by atoms with E-state index in [9.17, 15) is 9.59 Å². The Morgan fingerprint density at radius 3 is 2.62 bits per heavy atom. The average Bonchev–Trinajstić information content (AvgIpc) is 3.25. The number of amides is 1. The van der Waals surface area contributed by atoms with E-state index < -0.39 is 5.97 Å². The maximum atomic E-state index is 12.1. The maximum Gasteiger partial charge on any atom is 0.373 e. The molecule has 0 radical (unpaired) electrons. The third kappa shape index (κ3) is 4.70. The molecule has 0 aliphatic carbocycles. The molecule has 9 heteroatoms. The van der Waals surface area contributed by atoms with Crippen LogP contribution in [-0.4, -0.2) is 66.7 Å². The number of aromatic nitrogens is 1. The van der Waals surface area contributed by atoms with Gasteiger partial charge in [-0.25, -0.2) is 4.79 Å². The van der Waals surface area contributed by atoms with E-state index in [2.05, 4.69) is 25.0 Å². The van der Waals surface area contributed by atoms with Crippen LogP contribution in [0.4, 0.5) is 5.82 Å². The average molecular weight is 362 g/mol. The van der Waals surface area contributed by atoms with Crippen molar-refractivity contribution in [2.24, 2.45) is 0 Å². The number of carbonyl (C=O) groups excluding carboxylic acids is 2. The molecule has 1 N–H and O–H groups in total. The molecule has 1 amide bonds. The van der Waals surface area contributed by atoms with Gasteiger partial charge >= 0.3 is 5.97 Å². The van der Waals surface area contributed by atoms with Crippen molar-refractivity contribution >= 4 is 17.7 Å². The zero-order valence-electron chi connectivity index (χ0n) is 14.9. The van der Waals surface area contributed by atoms with Crippen molar-refractivity contribution in [1.29, 1.82) is 0 Å². The molecule has 1 saturated heterocycles. The number of esters is 1. The number of nitrogens with zero attached hydrogens (tertiary/aromatic N) is 3. The van der Waals surface area contributed by atoms with E-state index >= 15 is 0 Å². The van der Waals surface area contributed by atoms with Gasteiger partial charge in [0.15, 0.2) is 5.82 Å². The summed E-state index contributed by atoms with van der Waals surface area (Å²) in [6.45, 7) is 5.87. The van der Waals surface area contributed by atoms with Gasteiger partial charge in [0.05, 0.1) is 20.2 Å². The second-order valence-electron chi connectivity index (χ2n) is 6.18. The van der Waals surface area contributed by atoms with Crippen LogP contribution in [0.2, 0.25) is 0 Å². The number of rotatable bonds is 6. The summed E-state index contributed by atoms with van der Waals surface area (Å²) in [4.78, 5) is 27.8. The van der Waals surface area contributed by atoms with Crippen LogP contribution < -0.4 is 5.32 Å². The molecule has 2 aromatic rings. The summed E-state index contributed by atoms with van der Waals surface area (Å²) in [5.74, 6) is 1.43. The van der Waals surface area contributed by atoms with Crippen molar-refractivity contribution in [1.82, 2.24) is 15.0 Å². The third-order valence-corrected chi connectivity index (χ3v) is 4.16. The van der Waals surface area contributed by atoms with Crippen LogP contribution in [0.3, 0.4) is 0 Å². The number of anilines is 1. The Kier molecular flexibility index (Phi) is 5.69. The molecule has 0 aromatic carbocycles. The molecule has 0 atom stereocenters. The smallest absolute Gasteiger partial charge is 0.373 e. The molecule has 140 valence electrons. The summed E-state index contributed by atoms with van der Waals surface area (Å²) in [7, 11) is 1.32. The van der Waals surface area contributed by atoms with Gasteiger partial charge in [-0.3, -0.25) is 14.6 Å². The van der Waals surface area contributed by atoms with Gasteiger partial charge in [-0.05, 0) is 19.1 Å². The molecule has 0 saturated carbocycles. The first-order valence-corrected chi connectivity index (χ1v) is 8.38. The molecule has 0 bridgehead atoms. The fourth-order valence-electron chi connectivity index (χ4n) is 2.81.